The average molecular weight is 318 g/mol. The molecule has 0 bridgehead atoms. The molecule has 0 aliphatic carbocycles. The van der Waals surface area contributed by atoms with E-state index in [1.54, 1.807) is 0 Å². The first kappa shape index (κ1) is 15.7. The molecule has 8 nitrogen and oxygen atoms in total. The third-order valence-electron chi connectivity index (χ3n) is 4.02. The summed E-state index contributed by atoms with van der Waals surface area (Å²) in [5.74, 6) is 0.706. The van der Waals surface area contributed by atoms with Gasteiger partial charge in [0.25, 0.3) is 0 Å². The fourth-order valence-corrected chi connectivity index (χ4v) is 2.62. The molecule has 1 aliphatic heterocycles. The minimum Gasteiger partial charge on any atom is -0.379 e. The highest BCUT2D eigenvalue weighted by Crippen LogP contribution is 2.03. The molecule has 0 radical (unpaired) electrons. The standard InChI is InChI=1S/C15H22N6O2/c1-12(20-6-8-23-9-7-20)10-16-15(22)17-11-14-19-18-13-4-2-3-5-21(13)14/h2-5,12H,6-11H2,1H3,(H2,16,17,22)/t12-/m0/s1. The molecule has 3 rings (SSSR count). The predicted octanol–water partition coefficient (Wildman–Crippen LogP) is 0.249. The topological polar surface area (TPSA) is 83.8 Å². The second kappa shape index (κ2) is 7.38. The SMILES string of the molecule is C[C@@H](CNC(=O)NCc1nnc2ccccn12)N1CCOCC1. The molecule has 124 valence electrons. The summed E-state index contributed by atoms with van der Waals surface area (Å²) in [7, 11) is 0. The minimum atomic E-state index is -0.196. The Bertz CT molecular complexity index is 652. The number of fused-ring (bicyclic) bond motifs is 1. The molecule has 1 atom stereocenters. The predicted molar refractivity (Wildman–Crippen MR) is 85.1 cm³/mol. The van der Waals surface area contributed by atoms with Crippen molar-refractivity contribution in [3.8, 4) is 0 Å². The minimum absolute atomic E-state index is 0.196. The number of urea groups is 1. The van der Waals surface area contributed by atoms with Gasteiger partial charge < -0.3 is 15.4 Å². The lowest BCUT2D eigenvalue weighted by Gasteiger charge is -2.32. The van der Waals surface area contributed by atoms with Gasteiger partial charge in [-0.05, 0) is 19.1 Å². The summed E-state index contributed by atoms with van der Waals surface area (Å²) in [6.07, 6.45) is 1.88. The van der Waals surface area contributed by atoms with E-state index in [9.17, 15) is 4.79 Å². The van der Waals surface area contributed by atoms with Crippen LogP contribution in [0.1, 0.15) is 12.7 Å². The van der Waals surface area contributed by atoms with Gasteiger partial charge in [-0.1, -0.05) is 6.07 Å². The maximum Gasteiger partial charge on any atom is 0.315 e. The molecule has 0 spiro atoms. The molecule has 2 aromatic heterocycles. The molecule has 2 amide bonds. The third kappa shape index (κ3) is 3.96. The van der Waals surface area contributed by atoms with Gasteiger partial charge in [-0.2, -0.15) is 0 Å². The first-order valence-electron chi connectivity index (χ1n) is 7.86. The highest BCUT2D eigenvalue weighted by atomic mass is 16.5. The van der Waals surface area contributed by atoms with Gasteiger partial charge in [-0.15, -0.1) is 10.2 Å². The third-order valence-corrected chi connectivity index (χ3v) is 4.02. The Morgan fingerprint density at radius 2 is 2.13 bits per heavy atom. The van der Waals surface area contributed by atoms with Crippen molar-refractivity contribution in [3.05, 3.63) is 30.2 Å². The van der Waals surface area contributed by atoms with Crippen LogP contribution in [0.15, 0.2) is 24.4 Å². The molecule has 23 heavy (non-hydrogen) atoms. The first-order valence-corrected chi connectivity index (χ1v) is 7.86. The number of rotatable bonds is 5. The van der Waals surface area contributed by atoms with E-state index in [0.717, 1.165) is 32.0 Å². The zero-order chi connectivity index (χ0) is 16.1. The molecule has 3 heterocycles. The van der Waals surface area contributed by atoms with Gasteiger partial charge in [-0.25, -0.2) is 4.79 Å². The van der Waals surface area contributed by atoms with Crippen LogP contribution in [-0.2, 0) is 11.3 Å². The Balaban J connectivity index is 1.44. The van der Waals surface area contributed by atoms with E-state index in [0.29, 0.717) is 25.0 Å². The number of ether oxygens (including phenoxy) is 1. The van der Waals surface area contributed by atoms with Crippen LogP contribution in [-0.4, -0.2) is 64.4 Å². The fraction of sp³-hybridized carbons (Fsp3) is 0.533. The van der Waals surface area contributed by atoms with E-state index in [4.69, 9.17) is 4.74 Å². The Kier molecular flexibility index (Phi) is 5.04. The molecule has 1 aliphatic rings. The van der Waals surface area contributed by atoms with E-state index < -0.39 is 0 Å². The van der Waals surface area contributed by atoms with Gasteiger partial charge in [0.1, 0.15) is 0 Å². The van der Waals surface area contributed by atoms with Crippen LogP contribution in [0.4, 0.5) is 4.79 Å². The molecule has 0 saturated carbocycles. The lowest BCUT2D eigenvalue weighted by Crippen LogP contribution is -2.48. The number of aromatic nitrogens is 3. The number of carbonyl (C=O) groups is 1. The van der Waals surface area contributed by atoms with Crippen molar-refractivity contribution < 1.29 is 9.53 Å². The highest BCUT2D eigenvalue weighted by molar-refractivity contribution is 5.73. The number of nitrogens with zero attached hydrogens (tertiary/aromatic N) is 4. The Morgan fingerprint density at radius 3 is 2.96 bits per heavy atom. The van der Waals surface area contributed by atoms with Crippen molar-refractivity contribution in [2.45, 2.75) is 19.5 Å². The van der Waals surface area contributed by atoms with E-state index in [2.05, 4.69) is 32.7 Å². The summed E-state index contributed by atoms with van der Waals surface area (Å²) in [5, 5.41) is 13.9. The normalized spacial score (nSPS) is 17.1. The number of hydrogen-bond donors (Lipinski definition) is 2. The molecule has 0 aromatic carbocycles. The molecule has 1 fully saturated rings. The first-order chi connectivity index (χ1) is 11.2. The smallest absolute Gasteiger partial charge is 0.315 e. The summed E-state index contributed by atoms with van der Waals surface area (Å²) in [6.45, 7) is 6.40. The summed E-state index contributed by atoms with van der Waals surface area (Å²) < 4.78 is 7.19. The zero-order valence-corrected chi connectivity index (χ0v) is 13.2. The molecule has 0 unspecified atom stereocenters. The van der Waals surface area contributed by atoms with E-state index in [1.807, 2.05) is 28.8 Å². The number of morpholine rings is 1. The Labute approximate surface area is 134 Å². The number of nitrogens with one attached hydrogen (secondary N) is 2. The molecule has 1 saturated heterocycles. The lowest BCUT2D eigenvalue weighted by atomic mass is 10.2. The van der Waals surface area contributed by atoms with Crippen LogP contribution in [0.5, 0.6) is 0 Å². The van der Waals surface area contributed by atoms with Gasteiger partial charge in [0.15, 0.2) is 11.5 Å². The van der Waals surface area contributed by atoms with E-state index >= 15 is 0 Å². The quantitative estimate of drug-likeness (QED) is 0.825. The van der Waals surface area contributed by atoms with E-state index in [-0.39, 0.29) is 6.03 Å². The van der Waals surface area contributed by atoms with Crippen LogP contribution < -0.4 is 10.6 Å². The van der Waals surface area contributed by atoms with Crippen molar-refractivity contribution in [1.82, 2.24) is 30.1 Å². The van der Waals surface area contributed by atoms with Gasteiger partial charge in [0, 0.05) is 31.9 Å². The van der Waals surface area contributed by atoms with Crippen molar-refractivity contribution in [2.75, 3.05) is 32.8 Å². The van der Waals surface area contributed by atoms with Crippen molar-refractivity contribution in [3.63, 3.8) is 0 Å². The zero-order valence-electron chi connectivity index (χ0n) is 13.2. The van der Waals surface area contributed by atoms with Gasteiger partial charge in [0.05, 0.1) is 19.8 Å². The Morgan fingerprint density at radius 1 is 1.30 bits per heavy atom. The maximum atomic E-state index is 11.9. The summed E-state index contributed by atoms with van der Waals surface area (Å²) in [6, 6.07) is 5.78. The fourth-order valence-electron chi connectivity index (χ4n) is 2.62. The number of hydrogen-bond acceptors (Lipinski definition) is 5. The van der Waals surface area contributed by atoms with Crippen molar-refractivity contribution in [2.24, 2.45) is 0 Å². The number of carbonyl (C=O) groups excluding carboxylic acids is 1. The molecule has 2 N–H and O–H groups in total. The van der Waals surface area contributed by atoms with E-state index in [1.165, 1.54) is 0 Å². The van der Waals surface area contributed by atoms with Crippen LogP contribution in [0, 0.1) is 0 Å². The molecule has 8 heteroatoms. The maximum absolute atomic E-state index is 11.9. The summed E-state index contributed by atoms with van der Waals surface area (Å²) in [5.41, 5.74) is 0.769. The van der Waals surface area contributed by atoms with Crippen LogP contribution >= 0.6 is 0 Å². The Hall–Kier alpha value is -2.19. The molecular formula is C15H22N6O2. The lowest BCUT2D eigenvalue weighted by molar-refractivity contribution is 0.0209. The monoisotopic (exact) mass is 318 g/mol. The largest absolute Gasteiger partial charge is 0.379 e. The highest BCUT2D eigenvalue weighted by Gasteiger charge is 2.17. The van der Waals surface area contributed by atoms with Crippen LogP contribution in [0.2, 0.25) is 0 Å². The van der Waals surface area contributed by atoms with Gasteiger partial charge in [-0.3, -0.25) is 9.30 Å². The van der Waals surface area contributed by atoms with Crippen LogP contribution in [0.25, 0.3) is 5.65 Å². The average Bonchev–Trinajstić information content (AvgIpc) is 3.02. The molecule has 2 aromatic rings. The second-order valence-corrected chi connectivity index (χ2v) is 5.61. The van der Waals surface area contributed by atoms with Crippen LogP contribution in [0.3, 0.4) is 0 Å². The van der Waals surface area contributed by atoms with Crippen molar-refractivity contribution in [1.29, 1.82) is 0 Å². The van der Waals surface area contributed by atoms with Crippen molar-refractivity contribution >= 4 is 11.7 Å². The number of pyridine rings is 1. The van der Waals surface area contributed by atoms with Gasteiger partial charge >= 0.3 is 6.03 Å². The number of amides is 2. The second-order valence-electron chi connectivity index (χ2n) is 5.61. The van der Waals surface area contributed by atoms with Gasteiger partial charge in [0.2, 0.25) is 0 Å². The summed E-state index contributed by atoms with van der Waals surface area (Å²) in [4.78, 5) is 14.3. The summed E-state index contributed by atoms with van der Waals surface area (Å²) >= 11 is 0. The molecular weight excluding hydrogens is 296 g/mol.